The van der Waals surface area contributed by atoms with Crippen LogP contribution in [-0.4, -0.2) is 22.5 Å². The fraction of sp³-hybridized carbons (Fsp3) is 0.462. The predicted molar refractivity (Wildman–Crippen MR) is 64.4 cm³/mol. The molecule has 0 radical (unpaired) electrons. The van der Waals surface area contributed by atoms with E-state index in [1.807, 2.05) is 10.6 Å². The number of halogens is 1. The Kier molecular flexibility index (Phi) is 2.81. The first kappa shape index (κ1) is 10.7. The number of hydrogen-bond acceptors (Lipinski definition) is 2. The van der Waals surface area contributed by atoms with Crippen LogP contribution >= 0.6 is 0 Å². The lowest BCUT2D eigenvalue weighted by Crippen LogP contribution is -2.29. The number of pyridine rings is 1. The van der Waals surface area contributed by atoms with E-state index in [4.69, 9.17) is 0 Å². The molecule has 0 saturated carbocycles. The maximum absolute atomic E-state index is 13.5. The van der Waals surface area contributed by atoms with Gasteiger partial charge in [-0.2, -0.15) is 0 Å². The van der Waals surface area contributed by atoms with E-state index in [-0.39, 0.29) is 5.82 Å². The van der Waals surface area contributed by atoms with Gasteiger partial charge in [0.1, 0.15) is 17.2 Å². The molecule has 0 aliphatic carbocycles. The zero-order valence-electron chi connectivity index (χ0n) is 9.69. The van der Waals surface area contributed by atoms with Gasteiger partial charge in [0.05, 0.1) is 6.20 Å². The van der Waals surface area contributed by atoms with Crippen molar-refractivity contribution in [2.75, 3.05) is 13.1 Å². The fourth-order valence-electron chi connectivity index (χ4n) is 2.54. The van der Waals surface area contributed by atoms with Gasteiger partial charge in [-0.3, -0.25) is 0 Å². The molecule has 0 aromatic carbocycles. The van der Waals surface area contributed by atoms with Gasteiger partial charge in [-0.25, -0.2) is 9.37 Å². The van der Waals surface area contributed by atoms with E-state index in [0.29, 0.717) is 11.4 Å². The standard InChI is InChI=1S/C13H16FN3/c14-11-2-1-7-17-12(11)9-16-13(17)8-10-3-5-15-6-4-10/h1-2,7,9-10,15H,3-6,8H2. The van der Waals surface area contributed by atoms with Gasteiger partial charge < -0.3 is 9.72 Å². The second-order valence-electron chi connectivity index (χ2n) is 4.68. The number of nitrogens with zero attached hydrogens (tertiary/aromatic N) is 2. The van der Waals surface area contributed by atoms with Crippen LogP contribution in [0.4, 0.5) is 4.39 Å². The van der Waals surface area contributed by atoms with Gasteiger partial charge in [-0.15, -0.1) is 0 Å². The molecular formula is C13H16FN3. The minimum Gasteiger partial charge on any atom is -0.317 e. The minimum absolute atomic E-state index is 0.198. The molecule has 3 rings (SSSR count). The van der Waals surface area contributed by atoms with Crippen molar-refractivity contribution < 1.29 is 4.39 Å². The first-order valence-electron chi connectivity index (χ1n) is 6.16. The molecule has 90 valence electrons. The summed E-state index contributed by atoms with van der Waals surface area (Å²) in [5.41, 5.74) is 0.580. The average molecular weight is 233 g/mol. The highest BCUT2D eigenvalue weighted by Gasteiger charge is 2.16. The van der Waals surface area contributed by atoms with Crippen molar-refractivity contribution in [2.24, 2.45) is 5.92 Å². The van der Waals surface area contributed by atoms with Crippen molar-refractivity contribution in [3.8, 4) is 0 Å². The number of imidazole rings is 1. The van der Waals surface area contributed by atoms with Gasteiger partial charge in [0.25, 0.3) is 0 Å². The molecule has 17 heavy (non-hydrogen) atoms. The van der Waals surface area contributed by atoms with Crippen molar-refractivity contribution >= 4 is 5.52 Å². The van der Waals surface area contributed by atoms with E-state index in [0.717, 1.165) is 25.3 Å². The van der Waals surface area contributed by atoms with Crippen LogP contribution in [0.2, 0.25) is 0 Å². The summed E-state index contributed by atoms with van der Waals surface area (Å²) in [6.45, 7) is 2.17. The molecule has 0 amide bonds. The molecule has 2 aromatic heterocycles. The van der Waals surface area contributed by atoms with Crippen LogP contribution in [0.25, 0.3) is 5.52 Å². The summed E-state index contributed by atoms with van der Waals surface area (Å²) in [5.74, 6) is 1.45. The first-order valence-corrected chi connectivity index (χ1v) is 6.16. The summed E-state index contributed by atoms with van der Waals surface area (Å²) in [7, 11) is 0. The second-order valence-corrected chi connectivity index (χ2v) is 4.68. The van der Waals surface area contributed by atoms with Gasteiger partial charge in [-0.1, -0.05) is 0 Å². The molecule has 0 unspecified atom stereocenters. The summed E-state index contributed by atoms with van der Waals surface area (Å²) in [6, 6.07) is 3.21. The number of hydrogen-bond donors (Lipinski definition) is 1. The average Bonchev–Trinajstić information content (AvgIpc) is 2.76. The van der Waals surface area contributed by atoms with E-state index < -0.39 is 0 Å². The summed E-state index contributed by atoms with van der Waals surface area (Å²) in [5, 5.41) is 3.35. The number of piperidine rings is 1. The van der Waals surface area contributed by atoms with Gasteiger partial charge in [0.15, 0.2) is 0 Å². The van der Waals surface area contributed by atoms with E-state index in [9.17, 15) is 4.39 Å². The fourth-order valence-corrected chi connectivity index (χ4v) is 2.54. The number of fused-ring (bicyclic) bond motifs is 1. The molecule has 1 aliphatic heterocycles. The Labute approximate surface area is 99.7 Å². The quantitative estimate of drug-likeness (QED) is 0.859. The highest BCUT2D eigenvalue weighted by Crippen LogP contribution is 2.19. The van der Waals surface area contributed by atoms with Crippen LogP contribution in [0, 0.1) is 11.7 Å². The predicted octanol–water partition coefficient (Wildman–Crippen LogP) is 2.02. The molecule has 0 atom stereocenters. The van der Waals surface area contributed by atoms with E-state index in [1.54, 1.807) is 12.3 Å². The largest absolute Gasteiger partial charge is 0.317 e. The lowest BCUT2D eigenvalue weighted by Gasteiger charge is -2.21. The third-order valence-corrected chi connectivity index (χ3v) is 3.53. The van der Waals surface area contributed by atoms with E-state index in [1.165, 1.54) is 18.9 Å². The van der Waals surface area contributed by atoms with Crippen LogP contribution in [0.3, 0.4) is 0 Å². The SMILES string of the molecule is Fc1cccn2c(CC3CCNCC3)ncc12. The summed E-state index contributed by atoms with van der Waals surface area (Å²) in [4.78, 5) is 4.35. The Morgan fingerprint density at radius 2 is 2.24 bits per heavy atom. The maximum atomic E-state index is 13.5. The molecule has 3 nitrogen and oxygen atoms in total. The van der Waals surface area contributed by atoms with Crippen LogP contribution in [0.15, 0.2) is 24.5 Å². The van der Waals surface area contributed by atoms with Crippen molar-refractivity contribution in [3.63, 3.8) is 0 Å². The molecule has 0 spiro atoms. The molecular weight excluding hydrogens is 217 g/mol. The Bertz CT molecular complexity index is 514. The van der Waals surface area contributed by atoms with Crippen LogP contribution in [0.1, 0.15) is 18.7 Å². The number of aromatic nitrogens is 2. The molecule has 0 bridgehead atoms. The third kappa shape index (κ3) is 2.05. The van der Waals surface area contributed by atoms with Gasteiger partial charge >= 0.3 is 0 Å². The van der Waals surface area contributed by atoms with E-state index >= 15 is 0 Å². The first-order chi connectivity index (χ1) is 8.34. The third-order valence-electron chi connectivity index (χ3n) is 3.53. The van der Waals surface area contributed by atoms with Gasteiger partial charge in [0, 0.05) is 12.6 Å². The molecule has 1 N–H and O–H groups in total. The molecule has 2 aromatic rings. The Morgan fingerprint density at radius 3 is 3.06 bits per heavy atom. The monoisotopic (exact) mass is 233 g/mol. The van der Waals surface area contributed by atoms with Crippen molar-refractivity contribution in [1.29, 1.82) is 0 Å². The normalized spacial score (nSPS) is 17.7. The van der Waals surface area contributed by atoms with Crippen molar-refractivity contribution in [2.45, 2.75) is 19.3 Å². The Hall–Kier alpha value is -1.42. The zero-order valence-corrected chi connectivity index (χ0v) is 9.69. The topological polar surface area (TPSA) is 29.3 Å². The second kappa shape index (κ2) is 4.45. The minimum atomic E-state index is -0.198. The number of nitrogens with one attached hydrogen (secondary N) is 1. The van der Waals surface area contributed by atoms with Gasteiger partial charge in [0.2, 0.25) is 0 Å². The molecule has 1 fully saturated rings. The lowest BCUT2D eigenvalue weighted by molar-refractivity contribution is 0.367. The molecule has 1 aliphatic rings. The van der Waals surface area contributed by atoms with Crippen molar-refractivity contribution in [1.82, 2.24) is 14.7 Å². The van der Waals surface area contributed by atoms with Gasteiger partial charge in [-0.05, 0) is 44.0 Å². The summed E-state index contributed by atoms with van der Waals surface area (Å²) < 4.78 is 15.4. The van der Waals surface area contributed by atoms with E-state index in [2.05, 4.69) is 10.3 Å². The van der Waals surface area contributed by atoms with Crippen LogP contribution in [-0.2, 0) is 6.42 Å². The van der Waals surface area contributed by atoms with Crippen molar-refractivity contribution in [3.05, 3.63) is 36.2 Å². The Balaban J connectivity index is 1.87. The maximum Gasteiger partial charge on any atom is 0.148 e. The zero-order chi connectivity index (χ0) is 11.7. The molecule has 3 heterocycles. The molecule has 4 heteroatoms. The van der Waals surface area contributed by atoms with Crippen LogP contribution < -0.4 is 5.32 Å². The highest BCUT2D eigenvalue weighted by atomic mass is 19.1. The smallest absolute Gasteiger partial charge is 0.148 e. The summed E-state index contributed by atoms with van der Waals surface area (Å²) in [6.07, 6.45) is 6.83. The summed E-state index contributed by atoms with van der Waals surface area (Å²) >= 11 is 0. The Morgan fingerprint density at radius 1 is 1.41 bits per heavy atom. The van der Waals surface area contributed by atoms with Crippen LogP contribution in [0.5, 0.6) is 0 Å². The highest BCUT2D eigenvalue weighted by molar-refractivity contribution is 5.47. The lowest BCUT2D eigenvalue weighted by atomic mass is 9.94. The molecule has 1 saturated heterocycles. The number of rotatable bonds is 2.